The third-order valence-electron chi connectivity index (χ3n) is 2.98. The Morgan fingerprint density at radius 3 is 2.50 bits per heavy atom. The van der Waals surface area contributed by atoms with Crippen molar-refractivity contribution in [2.45, 2.75) is 40.7 Å². The fourth-order valence-corrected chi connectivity index (χ4v) is 2.64. The Morgan fingerprint density at radius 1 is 1.33 bits per heavy atom. The number of nitrogens with zero attached hydrogens (tertiary/aromatic N) is 2. The lowest BCUT2D eigenvalue weighted by Gasteiger charge is -2.18. The molecule has 0 unspecified atom stereocenters. The molecule has 0 aliphatic rings. The van der Waals surface area contributed by atoms with Crippen LogP contribution in [0.4, 0.5) is 0 Å². The summed E-state index contributed by atoms with van der Waals surface area (Å²) in [7, 11) is 0. The van der Waals surface area contributed by atoms with Gasteiger partial charge in [-0.15, -0.1) is 11.3 Å². The van der Waals surface area contributed by atoms with Gasteiger partial charge >= 0.3 is 0 Å². The van der Waals surface area contributed by atoms with E-state index in [0.29, 0.717) is 13.0 Å². The van der Waals surface area contributed by atoms with Crippen LogP contribution >= 0.6 is 11.3 Å². The van der Waals surface area contributed by atoms with Gasteiger partial charge in [0, 0.05) is 37.5 Å². The molecule has 0 aliphatic heterocycles. The third kappa shape index (κ3) is 4.38. The lowest BCUT2D eigenvalue weighted by molar-refractivity contribution is -0.130. The molecule has 0 fully saturated rings. The van der Waals surface area contributed by atoms with E-state index in [0.717, 1.165) is 30.3 Å². The molecule has 0 spiro atoms. The molecule has 0 bridgehead atoms. The lowest BCUT2D eigenvalue weighted by atomic mass is 10.3. The summed E-state index contributed by atoms with van der Waals surface area (Å²) in [4.78, 5) is 19.3. The minimum Gasteiger partial charge on any atom is -0.343 e. The predicted octanol–water partition coefficient (Wildman–Crippen LogP) is 2.11. The zero-order valence-corrected chi connectivity index (χ0v) is 12.6. The summed E-state index contributed by atoms with van der Waals surface area (Å²) in [5.74, 6) is 0.221. The molecule has 0 atom stereocenters. The Labute approximate surface area is 113 Å². The fraction of sp³-hybridized carbons (Fsp3) is 0.692. The molecule has 1 rings (SSSR count). The molecule has 18 heavy (non-hydrogen) atoms. The van der Waals surface area contributed by atoms with E-state index in [1.54, 1.807) is 11.3 Å². The number of carbonyl (C=O) groups excluding carboxylic acids is 1. The zero-order chi connectivity index (χ0) is 13.5. The van der Waals surface area contributed by atoms with Gasteiger partial charge < -0.3 is 10.2 Å². The average Bonchev–Trinajstić information content (AvgIpc) is 2.66. The number of amides is 1. The highest BCUT2D eigenvalue weighted by atomic mass is 32.1. The number of nitrogens with one attached hydrogen (secondary N) is 1. The summed E-state index contributed by atoms with van der Waals surface area (Å²) in [6.45, 7) is 11.2. The van der Waals surface area contributed by atoms with Crippen LogP contribution in [0.1, 0.15) is 35.8 Å². The first-order chi connectivity index (χ1) is 8.58. The van der Waals surface area contributed by atoms with Gasteiger partial charge in [-0.1, -0.05) is 0 Å². The van der Waals surface area contributed by atoms with Crippen LogP contribution in [0.15, 0.2) is 0 Å². The predicted molar refractivity (Wildman–Crippen MR) is 75.8 cm³/mol. The Bertz CT molecular complexity index is 366. The van der Waals surface area contributed by atoms with Gasteiger partial charge in [0.25, 0.3) is 0 Å². The molecule has 1 amide bonds. The van der Waals surface area contributed by atoms with Crippen LogP contribution < -0.4 is 5.32 Å². The smallest absolute Gasteiger partial charge is 0.223 e. The number of hydrogen-bond donors (Lipinski definition) is 1. The van der Waals surface area contributed by atoms with E-state index in [9.17, 15) is 4.79 Å². The van der Waals surface area contributed by atoms with Crippen molar-refractivity contribution in [1.82, 2.24) is 15.2 Å². The van der Waals surface area contributed by atoms with Crippen molar-refractivity contribution in [2.24, 2.45) is 0 Å². The van der Waals surface area contributed by atoms with E-state index < -0.39 is 0 Å². The molecular formula is C13H23N3OS. The number of hydrogen-bond acceptors (Lipinski definition) is 4. The van der Waals surface area contributed by atoms with Gasteiger partial charge in [-0.25, -0.2) is 4.98 Å². The molecule has 4 nitrogen and oxygen atoms in total. The minimum atomic E-state index is 0.221. The first kappa shape index (κ1) is 15.1. The van der Waals surface area contributed by atoms with E-state index in [2.05, 4.69) is 17.2 Å². The molecule has 1 aromatic rings. The van der Waals surface area contributed by atoms with Crippen LogP contribution in [0.3, 0.4) is 0 Å². The maximum Gasteiger partial charge on any atom is 0.223 e. The Hall–Kier alpha value is -0.940. The molecular weight excluding hydrogens is 246 g/mol. The van der Waals surface area contributed by atoms with E-state index in [4.69, 9.17) is 0 Å². The van der Waals surface area contributed by atoms with Gasteiger partial charge in [0.15, 0.2) is 0 Å². The van der Waals surface area contributed by atoms with Crippen molar-refractivity contribution >= 4 is 17.2 Å². The standard InChI is InChI=1S/C13H23N3OS/c1-5-16(6-2)13(17)7-8-14-9-12-15-10(3)11(4)18-12/h14H,5-9H2,1-4H3. The minimum absolute atomic E-state index is 0.221. The summed E-state index contributed by atoms with van der Waals surface area (Å²) in [6.07, 6.45) is 0.561. The number of aryl methyl sites for hydroxylation is 2. The van der Waals surface area contributed by atoms with Gasteiger partial charge in [-0.2, -0.15) is 0 Å². The molecule has 5 heteroatoms. The third-order valence-corrected chi connectivity index (χ3v) is 4.05. The Morgan fingerprint density at radius 2 is 2.00 bits per heavy atom. The summed E-state index contributed by atoms with van der Waals surface area (Å²) >= 11 is 1.72. The first-order valence-corrected chi connectivity index (χ1v) is 7.31. The summed E-state index contributed by atoms with van der Waals surface area (Å²) in [5, 5.41) is 4.37. The van der Waals surface area contributed by atoms with Crippen LogP contribution in [0.25, 0.3) is 0 Å². The molecule has 0 saturated carbocycles. The first-order valence-electron chi connectivity index (χ1n) is 6.49. The molecule has 0 saturated heterocycles. The second kappa shape index (κ2) is 7.48. The largest absolute Gasteiger partial charge is 0.343 e. The van der Waals surface area contributed by atoms with Gasteiger partial charge in [0.2, 0.25) is 5.91 Å². The van der Waals surface area contributed by atoms with E-state index in [-0.39, 0.29) is 5.91 Å². The highest BCUT2D eigenvalue weighted by molar-refractivity contribution is 7.11. The van der Waals surface area contributed by atoms with E-state index >= 15 is 0 Å². The van der Waals surface area contributed by atoms with Gasteiger partial charge in [0.1, 0.15) is 5.01 Å². The number of aromatic nitrogens is 1. The van der Waals surface area contributed by atoms with Crippen molar-refractivity contribution in [3.8, 4) is 0 Å². The fourth-order valence-electron chi connectivity index (χ4n) is 1.74. The quantitative estimate of drug-likeness (QED) is 0.771. The Kier molecular flexibility index (Phi) is 6.29. The SMILES string of the molecule is CCN(CC)C(=O)CCNCc1nc(C)c(C)s1. The zero-order valence-electron chi connectivity index (χ0n) is 11.7. The number of rotatable bonds is 7. The van der Waals surface area contributed by atoms with Crippen LogP contribution in [0.2, 0.25) is 0 Å². The van der Waals surface area contributed by atoms with Gasteiger partial charge in [0.05, 0.1) is 5.69 Å². The summed E-state index contributed by atoms with van der Waals surface area (Å²) < 4.78 is 0. The molecule has 102 valence electrons. The summed E-state index contributed by atoms with van der Waals surface area (Å²) in [5.41, 5.74) is 1.11. The average molecular weight is 269 g/mol. The molecule has 1 N–H and O–H groups in total. The lowest BCUT2D eigenvalue weighted by Crippen LogP contribution is -2.32. The number of thiazole rings is 1. The highest BCUT2D eigenvalue weighted by Crippen LogP contribution is 2.15. The van der Waals surface area contributed by atoms with Crippen molar-refractivity contribution in [3.63, 3.8) is 0 Å². The highest BCUT2D eigenvalue weighted by Gasteiger charge is 2.08. The van der Waals surface area contributed by atoms with Gasteiger partial charge in [-0.3, -0.25) is 4.79 Å². The molecule has 0 aromatic carbocycles. The van der Waals surface area contributed by atoms with Crippen LogP contribution in [-0.4, -0.2) is 35.4 Å². The molecule has 1 aromatic heterocycles. The summed E-state index contributed by atoms with van der Waals surface area (Å²) in [6, 6.07) is 0. The van der Waals surface area contributed by atoms with Crippen LogP contribution in [0, 0.1) is 13.8 Å². The molecule has 1 heterocycles. The van der Waals surface area contributed by atoms with Gasteiger partial charge in [-0.05, 0) is 27.7 Å². The second-order valence-corrected chi connectivity index (χ2v) is 5.53. The maximum absolute atomic E-state index is 11.7. The normalized spacial score (nSPS) is 10.7. The monoisotopic (exact) mass is 269 g/mol. The van der Waals surface area contributed by atoms with E-state index in [1.165, 1.54) is 4.88 Å². The van der Waals surface area contributed by atoms with Crippen molar-refractivity contribution < 1.29 is 4.79 Å². The van der Waals surface area contributed by atoms with Crippen molar-refractivity contribution in [3.05, 3.63) is 15.6 Å². The van der Waals surface area contributed by atoms with Crippen molar-refractivity contribution in [2.75, 3.05) is 19.6 Å². The van der Waals surface area contributed by atoms with Crippen LogP contribution in [-0.2, 0) is 11.3 Å². The maximum atomic E-state index is 11.7. The second-order valence-electron chi connectivity index (χ2n) is 4.24. The topological polar surface area (TPSA) is 45.2 Å². The molecule has 0 aliphatic carbocycles. The van der Waals surface area contributed by atoms with E-state index in [1.807, 2.05) is 25.7 Å². The van der Waals surface area contributed by atoms with Crippen molar-refractivity contribution in [1.29, 1.82) is 0 Å². The Balaban J connectivity index is 2.24. The van der Waals surface area contributed by atoms with Crippen LogP contribution in [0.5, 0.6) is 0 Å². The molecule has 0 radical (unpaired) electrons. The number of carbonyl (C=O) groups is 1.